The predicted molar refractivity (Wildman–Crippen MR) is 82.5 cm³/mol. The van der Waals surface area contributed by atoms with Gasteiger partial charge in [-0.15, -0.1) is 11.3 Å². The molecule has 0 saturated heterocycles. The molecule has 3 rings (SSSR count). The Bertz CT molecular complexity index is 757. The standard InChI is InChI=1S/C15H15N3OS/c1-9(2)13-8-20-15(17-13)18-14(19)11-3-4-12-10(7-11)5-6-16-12/h3-9,16H,1-2H3,(H,17,18,19). The van der Waals surface area contributed by atoms with Crippen molar-refractivity contribution in [1.29, 1.82) is 0 Å². The molecule has 0 aliphatic rings. The first-order valence-electron chi connectivity index (χ1n) is 6.47. The average Bonchev–Trinajstić information content (AvgIpc) is 3.05. The molecular formula is C15H15N3OS. The first-order chi connectivity index (χ1) is 9.63. The molecule has 1 amide bonds. The van der Waals surface area contributed by atoms with Crippen LogP contribution in [0.4, 0.5) is 5.13 Å². The molecule has 3 aromatic rings. The van der Waals surface area contributed by atoms with Gasteiger partial charge in [-0.05, 0) is 30.2 Å². The fourth-order valence-corrected chi connectivity index (χ4v) is 2.84. The maximum absolute atomic E-state index is 12.2. The number of carbonyl (C=O) groups is 1. The number of fused-ring (bicyclic) bond motifs is 1. The van der Waals surface area contributed by atoms with E-state index < -0.39 is 0 Å². The maximum atomic E-state index is 12.2. The molecule has 0 aliphatic carbocycles. The Kier molecular flexibility index (Phi) is 3.28. The number of H-pyrrole nitrogens is 1. The Morgan fingerprint density at radius 2 is 2.20 bits per heavy atom. The highest BCUT2D eigenvalue weighted by molar-refractivity contribution is 7.14. The summed E-state index contributed by atoms with van der Waals surface area (Å²) in [7, 11) is 0. The van der Waals surface area contributed by atoms with E-state index in [0.29, 0.717) is 16.6 Å². The van der Waals surface area contributed by atoms with E-state index in [4.69, 9.17) is 0 Å². The molecule has 20 heavy (non-hydrogen) atoms. The Morgan fingerprint density at radius 3 is 2.95 bits per heavy atom. The monoisotopic (exact) mass is 285 g/mol. The van der Waals surface area contributed by atoms with E-state index >= 15 is 0 Å². The second kappa shape index (κ2) is 5.09. The molecule has 0 fully saturated rings. The van der Waals surface area contributed by atoms with E-state index in [1.54, 1.807) is 0 Å². The third kappa shape index (κ3) is 2.44. The number of nitrogens with zero attached hydrogens (tertiary/aromatic N) is 1. The number of aromatic amines is 1. The van der Waals surface area contributed by atoms with Gasteiger partial charge in [0, 0.05) is 28.0 Å². The van der Waals surface area contributed by atoms with Crippen molar-refractivity contribution in [1.82, 2.24) is 9.97 Å². The van der Waals surface area contributed by atoms with Crippen LogP contribution in [0.5, 0.6) is 0 Å². The van der Waals surface area contributed by atoms with E-state index in [1.165, 1.54) is 11.3 Å². The lowest BCUT2D eigenvalue weighted by Crippen LogP contribution is -2.11. The molecular weight excluding hydrogens is 270 g/mol. The van der Waals surface area contributed by atoms with Crippen LogP contribution in [0.25, 0.3) is 10.9 Å². The van der Waals surface area contributed by atoms with Crippen LogP contribution in [0.2, 0.25) is 0 Å². The van der Waals surface area contributed by atoms with Crippen molar-refractivity contribution >= 4 is 33.3 Å². The van der Waals surface area contributed by atoms with Gasteiger partial charge in [0.25, 0.3) is 5.91 Å². The molecule has 0 bridgehead atoms. The molecule has 2 N–H and O–H groups in total. The highest BCUT2D eigenvalue weighted by atomic mass is 32.1. The van der Waals surface area contributed by atoms with Crippen LogP contribution in [-0.4, -0.2) is 15.9 Å². The first kappa shape index (κ1) is 12.9. The smallest absolute Gasteiger partial charge is 0.257 e. The van der Waals surface area contributed by atoms with E-state index in [9.17, 15) is 4.79 Å². The first-order valence-corrected chi connectivity index (χ1v) is 7.35. The fraction of sp³-hybridized carbons (Fsp3) is 0.200. The minimum absolute atomic E-state index is 0.127. The number of hydrogen-bond acceptors (Lipinski definition) is 3. The van der Waals surface area contributed by atoms with Crippen molar-refractivity contribution < 1.29 is 4.79 Å². The zero-order valence-electron chi connectivity index (χ0n) is 11.3. The second-order valence-corrected chi connectivity index (χ2v) is 5.82. The summed E-state index contributed by atoms with van der Waals surface area (Å²) in [5.41, 5.74) is 2.67. The number of carbonyl (C=O) groups excluding carboxylic acids is 1. The van der Waals surface area contributed by atoms with Crippen molar-refractivity contribution in [3.8, 4) is 0 Å². The quantitative estimate of drug-likeness (QED) is 0.764. The molecule has 0 aliphatic heterocycles. The summed E-state index contributed by atoms with van der Waals surface area (Å²) in [5, 5.41) is 6.50. The lowest BCUT2D eigenvalue weighted by Gasteiger charge is -2.02. The molecule has 5 heteroatoms. The minimum Gasteiger partial charge on any atom is -0.361 e. The highest BCUT2D eigenvalue weighted by Crippen LogP contribution is 2.22. The van der Waals surface area contributed by atoms with Gasteiger partial charge >= 0.3 is 0 Å². The van der Waals surface area contributed by atoms with Crippen molar-refractivity contribution in [3.05, 3.63) is 47.1 Å². The maximum Gasteiger partial charge on any atom is 0.257 e. The van der Waals surface area contributed by atoms with Crippen molar-refractivity contribution in [2.24, 2.45) is 0 Å². The van der Waals surface area contributed by atoms with Crippen LogP contribution in [0.3, 0.4) is 0 Å². The molecule has 1 aromatic carbocycles. The number of aromatic nitrogens is 2. The van der Waals surface area contributed by atoms with Crippen LogP contribution >= 0.6 is 11.3 Å². The summed E-state index contributed by atoms with van der Waals surface area (Å²) in [6.07, 6.45) is 1.86. The summed E-state index contributed by atoms with van der Waals surface area (Å²) in [5.74, 6) is 0.242. The summed E-state index contributed by atoms with van der Waals surface area (Å²) >= 11 is 1.46. The van der Waals surface area contributed by atoms with E-state index in [0.717, 1.165) is 16.6 Å². The molecule has 2 aromatic heterocycles. The lowest BCUT2D eigenvalue weighted by atomic mass is 10.1. The summed E-state index contributed by atoms with van der Waals surface area (Å²) in [6, 6.07) is 7.54. The Labute approximate surface area is 120 Å². The number of rotatable bonds is 3. The van der Waals surface area contributed by atoms with Crippen LogP contribution in [0.1, 0.15) is 35.8 Å². The van der Waals surface area contributed by atoms with Gasteiger partial charge in [0.15, 0.2) is 5.13 Å². The van der Waals surface area contributed by atoms with Gasteiger partial charge < -0.3 is 4.98 Å². The van der Waals surface area contributed by atoms with Crippen molar-refractivity contribution in [2.45, 2.75) is 19.8 Å². The topological polar surface area (TPSA) is 57.8 Å². The molecule has 2 heterocycles. The molecule has 102 valence electrons. The zero-order valence-corrected chi connectivity index (χ0v) is 12.1. The Morgan fingerprint density at radius 1 is 1.35 bits per heavy atom. The molecule has 0 spiro atoms. The van der Waals surface area contributed by atoms with Crippen LogP contribution < -0.4 is 5.32 Å². The van der Waals surface area contributed by atoms with Gasteiger partial charge in [-0.1, -0.05) is 13.8 Å². The summed E-state index contributed by atoms with van der Waals surface area (Å²) in [4.78, 5) is 19.7. The predicted octanol–water partition coefficient (Wildman–Crippen LogP) is 4.00. The largest absolute Gasteiger partial charge is 0.361 e. The van der Waals surface area contributed by atoms with Gasteiger partial charge in [-0.2, -0.15) is 0 Å². The second-order valence-electron chi connectivity index (χ2n) is 4.97. The van der Waals surface area contributed by atoms with Gasteiger partial charge in [0.2, 0.25) is 0 Å². The summed E-state index contributed by atoms with van der Waals surface area (Å²) in [6.45, 7) is 4.17. The third-order valence-electron chi connectivity index (χ3n) is 3.15. The number of nitrogens with one attached hydrogen (secondary N) is 2. The Balaban J connectivity index is 1.80. The number of benzene rings is 1. The molecule has 0 unspecified atom stereocenters. The zero-order chi connectivity index (χ0) is 14.1. The fourth-order valence-electron chi connectivity index (χ4n) is 1.97. The van der Waals surface area contributed by atoms with E-state index in [1.807, 2.05) is 35.8 Å². The van der Waals surface area contributed by atoms with Crippen LogP contribution in [-0.2, 0) is 0 Å². The van der Waals surface area contributed by atoms with Gasteiger partial charge in [0.1, 0.15) is 0 Å². The van der Waals surface area contributed by atoms with Gasteiger partial charge in [-0.25, -0.2) is 4.98 Å². The van der Waals surface area contributed by atoms with E-state index in [2.05, 4.69) is 29.1 Å². The molecule has 4 nitrogen and oxygen atoms in total. The van der Waals surface area contributed by atoms with Gasteiger partial charge in [-0.3, -0.25) is 10.1 Å². The minimum atomic E-state index is -0.127. The number of thiazole rings is 1. The molecule has 0 saturated carbocycles. The number of hydrogen-bond donors (Lipinski definition) is 2. The highest BCUT2D eigenvalue weighted by Gasteiger charge is 2.11. The average molecular weight is 285 g/mol. The number of amides is 1. The molecule has 0 radical (unpaired) electrons. The van der Waals surface area contributed by atoms with Crippen molar-refractivity contribution in [3.63, 3.8) is 0 Å². The third-order valence-corrected chi connectivity index (χ3v) is 3.93. The normalized spacial score (nSPS) is 11.2. The van der Waals surface area contributed by atoms with Crippen molar-refractivity contribution in [2.75, 3.05) is 5.32 Å². The Hall–Kier alpha value is -2.14. The summed E-state index contributed by atoms with van der Waals surface area (Å²) < 4.78 is 0. The lowest BCUT2D eigenvalue weighted by molar-refractivity contribution is 0.102. The van der Waals surface area contributed by atoms with Crippen LogP contribution in [0, 0.1) is 0 Å². The molecule has 0 atom stereocenters. The number of anilines is 1. The van der Waals surface area contributed by atoms with E-state index in [-0.39, 0.29) is 5.91 Å². The van der Waals surface area contributed by atoms with Gasteiger partial charge in [0.05, 0.1) is 5.69 Å². The van der Waals surface area contributed by atoms with Crippen LogP contribution in [0.15, 0.2) is 35.8 Å². The SMILES string of the molecule is CC(C)c1csc(NC(=O)c2ccc3[nH]ccc3c2)n1.